The molecule has 0 bridgehead atoms. The lowest BCUT2D eigenvalue weighted by molar-refractivity contribution is -0.294. The van der Waals surface area contributed by atoms with E-state index in [1.807, 2.05) is 24.3 Å². The van der Waals surface area contributed by atoms with E-state index >= 15 is 0 Å². The van der Waals surface area contributed by atoms with E-state index in [2.05, 4.69) is 50.1 Å². The van der Waals surface area contributed by atoms with Crippen molar-refractivity contribution >= 4 is 35.9 Å². The van der Waals surface area contributed by atoms with Gasteiger partial charge < -0.3 is 56.8 Å². The SMILES string of the molecule is CC(=O)OC[C@H]1O[C@@H](O[C@@H]2[C@@H](OC(C)=O)[C@H](N=[N+]=[N-])C[C@H](N=[N+]=[N-])[C@H]2O[C@H]2O[C@H]([C@H](C)N(Cc3ccccc3)C(=O)OCc3ccccc3)CC[C@H]2N=[N+]=[N-])[C@H](OC(C)=O)[C@@H]1O[C@H]1O[C@@H](CN=[N+]=[N-])[C@@H](OC(C)=O)[C@H](OC(C)=O)[C@H]1N=[N+]=[N-]. The Morgan fingerprint density at radius 3 is 1.66 bits per heavy atom. The quantitative estimate of drug-likeness (QED) is 0.0334. The van der Waals surface area contributed by atoms with Gasteiger partial charge in [-0.3, -0.25) is 28.9 Å². The van der Waals surface area contributed by atoms with Crippen molar-refractivity contribution in [2.24, 2.45) is 25.6 Å². The molecule has 0 radical (unpaired) electrons. The molecule has 83 heavy (non-hydrogen) atoms. The molecule has 0 spiro atoms. The maximum atomic E-state index is 14.1. The number of benzene rings is 2. The van der Waals surface area contributed by atoms with Crippen LogP contribution in [0.3, 0.4) is 0 Å². The van der Waals surface area contributed by atoms with Crippen molar-refractivity contribution in [2.45, 2.75) is 184 Å². The van der Waals surface area contributed by atoms with Crippen molar-refractivity contribution in [1.29, 1.82) is 0 Å². The fourth-order valence-electron chi connectivity index (χ4n) is 9.97. The van der Waals surface area contributed by atoms with Crippen LogP contribution in [0.2, 0.25) is 0 Å². The zero-order valence-corrected chi connectivity index (χ0v) is 45.6. The number of azide groups is 5. The first-order chi connectivity index (χ1) is 39.9. The van der Waals surface area contributed by atoms with Gasteiger partial charge in [0.2, 0.25) is 0 Å². The molecule has 2 aromatic rings. The van der Waals surface area contributed by atoms with Gasteiger partial charge in [-0.1, -0.05) is 86.2 Å². The highest BCUT2D eigenvalue weighted by Crippen LogP contribution is 2.41. The summed E-state index contributed by atoms with van der Waals surface area (Å²) >= 11 is 0. The molecule has 34 nitrogen and oxygen atoms in total. The van der Waals surface area contributed by atoms with E-state index in [0.29, 0.717) is 0 Å². The molecule has 18 atom stereocenters. The normalized spacial score (nSPS) is 30.2. The van der Waals surface area contributed by atoms with Crippen molar-refractivity contribution in [3.8, 4) is 0 Å². The van der Waals surface area contributed by atoms with Crippen LogP contribution in [-0.2, 0) is 94.0 Å². The molecule has 1 saturated carbocycles. The number of hydrogen-bond acceptors (Lipinski definition) is 23. The molecular weight excluding hydrogens is 1100 g/mol. The Kier molecular flexibility index (Phi) is 23.7. The number of ether oxygens (including phenoxy) is 12. The van der Waals surface area contributed by atoms with Gasteiger partial charge in [0.15, 0.2) is 37.2 Å². The third-order valence-corrected chi connectivity index (χ3v) is 13.4. The Bertz CT molecular complexity index is 2850. The average Bonchev–Trinajstić information content (AvgIpc) is 3.95. The Balaban J connectivity index is 1.42. The number of rotatable bonds is 24. The molecule has 3 saturated heterocycles. The molecular formula is C49H60N16O18. The third-order valence-electron chi connectivity index (χ3n) is 13.4. The Morgan fingerprint density at radius 1 is 0.542 bits per heavy atom. The summed E-state index contributed by atoms with van der Waals surface area (Å²) in [5.74, 6) is -4.67. The monoisotopic (exact) mass is 1160 g/mol. The fraction of sp³-hybridized carbons (Fsp3) is 0.633. The summed E-state index contributed by atoms with van der Waals surface area (Å²) in [6.07, 6.45) is -22.2. The number of carbonyl (C=O) groups is 6. The van der Waals surface area contributed by atoms with Gasteiger partial charge in [-0.15, -0.1) is 0 Å². The molecule has 0 unspecified atom stereocenters. The molecule has 1 aliphatic carbocycles. The molecule has 3 heterocycles. The van der Waals surface area contributed by atoms with E-state index in [1.54, 1.807) is 43.3 Å². The van der Waals surface area contributed by atoms with Crippen LogP contribution >= 0.6 is 0 Å². The number of amides is 1. The smallest absolute Gasteiger partial charge is 0.410 e. The number of nitrogens with zero attached hydrogens (tertiary/aromatic N) is 16. The minimum Gasteiger partial charge on any atom is -0.463 e. The van der Waals surface area contributed by atoms with Crippen LogP contribution in [0, 0.1) is 0 Å². The van der Waals surface area contributed by atoms with Gasteiger partial charge in [-0.2, -0.15) is 0 Å². The molecule has 4 aliphatic rings. The zero-order valence-electron chi connectivity index (χ0n) is 45.6. The zero-order chi connectivity index (χ0) is 60.2. The first-order valence-corrected chi connectivity index (χ1v) is 25.8. The van der Waals surface area contributed by atoms with Gasteiger partial charge in [0, 0.05) is 65.7 Å². The van der Waals surface area contributed by atoms with Gasteiger partial charge in [-0.05, 0) is 65.0 Å². The second-order valence-electron chi connectivity index (χ2n) is 19.2. The summed E-state index contributed by atoms with van der Waals surface area (Å²) < 4.78 is 72.6. The summed E-state index contributed by atoms with van der Waals surface area (Å²) in [5, 5.41) is 19.0. The van der Waals surface area contributed by atoms with Crippen molar-refractivity contribution in [3.05, 3.63) is 124 Å². The van der Waals surface area contributed by atoms with Crippen LogP contribution in [0.4, 0.5) is 4.79 Å². The van der Waals surface area contributed by atoms with Gasteiger partial charge in [0.1, 0.15) is 49.8 Å². The summed E-state index contributed by atoms with van der Waals surface area (Å²) in [6.45, 7) is 5.53. The predicted molar refractivity (Wildman–Crippen MR) is 277 cm³/mol. The third kappa shape index (κ3) is 17.4. The van der Waals surface area contributed by atoms with Gasteiger partial charge >= 0.3 is 35.9 Å². The Hall–Kier alpha value is -8.63. The summed E-state index contributed by atoms with van der Waals surface area (Å²) in [6, 6.07) is 11.6. The Labute approximate surface area is 472 Å². The maximum absolute atomic E-state index is 14.1. The van der Waals surface area contributed by atoms with Gasteiger partial charge in [0.05, 0.1) is 42.9 Å². The number of carbonyl (C=O) groups excluding carboxylic acids is 6. The maximum Gasteiger partial charge on any atom is 0.410 e. The average molecular weight is 1160 g/mol. The van der Waals surface area contributed by atoms with Crippen LogP contribution in [0.1, 0.15) is 71.9 Å². The first-order valence-electron chi connectivity index (χ1n) is 25.8. The highest BCUT2D eigenvalue weighted by Gasteiger charge is 2.58. The highest BCUT2D eigenvalue weighted by molar-refractivity contribution is 5.69. The summed E-state index contributed by atoms with van der Waals surface area (Å²) in [5.41, 5.74) is 50.3. The van der Waals surface area contributed by atoms with Gasteiger partial charge in [-0.25, -0.2) is 4.79 Å². The summed E-state index contributed by atoms with van der Waals surface area (Å²) in [7, 11) is 0. The minimum atomic E-state index is -1.95. The Morgan fingerprint density at radius 2 is 1.07 bits per heavy atom. The van der Waals surface area contributed by atoms with E-state index < -0.39 is 159 Å². The standard InChI is InChI=1S/C49H60N16O18/c1-24(65(21-30-13-9-7-10-14-30)49(71)73-22-31-15-11-8-12-16-31)35-18-17-32(56-61-51)46(78-35)81-40-34(58-63-53)19-33(57-62-52)39(74-26(3)67)44(40)83-48-45(77-29(6)70)42(37(80-48)23-72-25(2)66)82-47-38(59-64-54)43(76-28(5)69)41(75-27(4)68)36(79-47)20-55-60-50/h7-16,24,32-48H,17-23H2,1-6H3/t24-,32+,33+,34-,35-,36-,37+,38+,39-,40+,41+,42+,43+,44+,45+,46+,47+,48-/m0/s1. The molecule has 444 valence electrons. The molecule has 4 fully saturated rings. The molecule has 34 heteroatoms. The van der Waals surface area contributed by atoms with Crippen LogP contribution in [0.25, 0.3) is 52.2 Å². The molecule has 1 amide bonds. The van der Waals surface area contributed by atoms with Crippen molar-refractivity contribution in [3.63, 3.8) is 0 Å². The number of hydrogen-bond donors (Lipinski definition) is 0. The minimum absolute atomic E-state index is 0.0585. The van der Waals surface area contributed by atoms with E-state index in [1.165, 1.54) is 4.90 Å². The highest BCUT2D eigenvalue weighted by atomic mass is 16.8. The lowest BCUT2D eigenvalue weighted by atomic mass is 9.83. The fourth-order valence-corrected chi connectivity index (χ4v) is 9.97. The molecule has 0 N–H and O–H groups in total. The molecule has 0 aromatic heterocycles. The van der Waals surface area contributed by atoms with E-state index in [0.717, 1.165) is 45.7 Å². The first kappa shape index (κ1) is 63.6. The molecule has 2 aromatic carbocycles. The van der Waals surface area contributed by atoms with E-state index in [4.69, 9.17) is 56.8 Å². The van der Waals surface area contributed by atoms with Gasteiger partial charge in [0.25, 0.3) is 0 Å². The van der Waals surface area contributed by atoms with Crippen LogP contribution in [0.15, 0.2) is 86.2 Å². The van der Waals surface area contributed by atoms with Crippen molar-refractivity contribution < 1.29 is 85.6 Å². The lowest BCUT2D eigenvalue weighted by Crippen LogP contribution is -2.62. The van der Waals surface area contributed by atoms with E-state index in [-0.39, 0.29) is 32.4 Å². The second-order valence-corrected chi connectivity index (χ2v) is 19.2. The molecule has 6 rings (SSSR count). The van der Waals surface area contributed by atoms with Crippen LogP contribution < -0.4 is 0 Å². The lowest BCUT2D eigenvalue weighted by Gasteiger charge is -2.47. The van der Waals surface area contributed by atoms with E-state index in [9.17, 15) is 56.4 Å². The second kappa shape index (κ2) is 31.0. The molecule has 3 aliphatic heterocycles. The van der Waals surface area contributed by atoms with Crippen molar-refractivity contribution in [1.82, 2.24) is 4.90 Å². The predicted octanol–water partition coefficient (Wildman–Crippen LogP) is 7.04. The largest absolute Gasteiger partial charge is 0.463 e. The van der Waals surface area contributed by atoms with Crippen LogP contribution in [-0.4, -0.2) is 164 Å². The van der Waals surface area contributed by atoms with Crippen LogP contribution in [0.5, 0.6) is 0 Å². The number of esters is 5. The topological polar surface area (TPSA) is 460 Å². The van der Waals surface area contributed by atoms with Crippen molar-refractivity contribution in [2.75, 3.05) is 13.2 Å². The summed E-state index contributed by atoms with van der Waals surface area (Å²) in [4.78, 5) is 93.7.